The fourth-order valence-corrected chi connectivity index (χ4v) is 3.08. The van der Waals surface area contributed by atoms with Crippen molar-refractivity contribution in [3.05, 3.63) is 64.7 Å². The highest BCUT2D eigenvalue weighted by molar-refractivity contribution is 8.00. The SMILES string of the molecule is CC(C)Sc1ccccc1C(=O)NCc1ccccc1Cl. The predicted octanol–water partition coefficient (Wildman–Crippen LogP) is 4.77. The van der Waals surface area contributed by atoms with Crippen LogP contribution in [-0.4, -0.2) is 11.2 Å². The van der Waals surface area contributed by atoms with Crippen LogP contribution < -0.4 is 5.32 Å². The van der Waals surface area contributed by atoms with Gasteiger partial charge in [0.1, 0.15) is 0 Å². The van der Waals surface area contributed by atoms with E-state index in [0.717, 1.165) is 10.5 Å². The maximum atomic E-state index is 12.4. The van der Waals surface area contributed by atoms with Crippen LogP contribution in [0.4, 0.5) is 0 Å². The fraction of sp³-hybridized carbons (Fsp3) is 0.235. The number of amides is 1. The minimum atomic E-state index is -0.0707. The van der Waals surface area contributed by atoms with Crippen LogP contribution in [-0.2, 0) is 6.54 Å². The molecule has 0 aliphatic heterocycles. The molecule has 0 atom stereocenters. The standard InChI is InChI=1S/C17H18ClNOS/c1-12(2)21-16-10-6-4-8-14(16)17(20)19-11-13-7-3-5-9-15(13)18/h3-10,12H,11H2,1-2H3,(H,19,20). The van der Waals surface area contributed by atoms with Crippen LogP contribution in [0.15, 0.2) is 53.4 Å². The maximum Gasteiger partial charge on any atom is 0.252 e. The molecule has 2 nitrogen and oxygen atoms in total. The Morgan fingerprint density at radius 1 is 1.14 bits per heavy atom. The third-order valence-corrected chi connectivity index (χ3v) is 4.34. The Balaban J connectivity index is 2.09. The zero-order chi connectivity index (χ0) is 15.2. The molecule has 0 fully saturated rings. The molecule has 0 heterocycles. The Morgan fingerprint density at radius 3 is 2.52 bits per heavy atom. The van der Waals surface area contributed by atoms with E-state index in [1.807, 2.05) is 48.5 Å². The lowest BCUT2D eigenvalue weighted by atomic mass is 10.2. The summed E-state index contributed by atoms with van der Waals surface area (Å²) in [7, 11) is 0. The molecule has 2 aromatic carbocycles. The Bertz CT molecular complexity index is 628. The summed E-state index contributed by atoms with van der Waals surface area (Å²) in [5.41, 5.74) is 1.63. The summed E-state index contributed by atoms with van der Waals surface area (Å²) >= 11 is 7.79. The van der Waals surface area contributed by atoms with Gasteiger partial charge in [0.2, 0.25) is 0 Å². The molecule has 2 rings (SSSR count). The van der Waals surface area contributed by atoms with Gasteiger partial charge in [-0.05, 0) is 23.8 Å². The first kappa shape index (κ1) is 15.9. The number of carbonyl (C=O) groups excluding carboxylic acids is 1. The number of benzene rings is 2. The van der Waals surface area contributed by atoms with Gasteiger partial charge in [-0.1, -0.05) is 55.8 Å². The van der Waals surface area contributed by atoms with Gasteiger partial charge in [-0.15, -0.1) is 11.8 Å². The maximum absolute atomic E-state index is 12.4. The van der Waals surface area contributed by atoms with E-state index in [-0.39, 0.29) is 5.91 Å². The number of hydrogen-bond donors (Lipinski definition) is 1. The van der Waals surface area contributed by atoms with Crippen LogP contribution in [0.25, 0.3) is 0 Å². The van der Waals surface area contributed by atoms with E-state index in [1.165, 1.54) is 0 Å². The van der Waals surface area contributed by atoms with E-state index in [4.69, 9.17) is 11.6 Å². The van der Waals surface area contributed by atoms with E-state index in [9.17, 15) is 4.79 Å². The van der Waals surface area contributed by atoms with Gasteiger partial charge >= 0.3 is 0 Å². The topological polar surface area (TPSA) is 29.1 Å². The van der Waals surface area contributed by atoms with Crippen molar-refractivity contribution in [3.8, 4) is 0 Å². The molecule has 0 aliphatic rings. The van der Waals surface area contributed by atoms with Crippen molar-refractivity contribution < 1.29 is 4.79 Å². The lowest BCUT2D eigenvalue weighted by Crippen LogP contribution is -2.23. The van der Waals surface area contributed by atoms with Crippen molar-refractivity contribution in [3.63, 3.8) is 0 Å². The number of hydrogen-bond acceptors (Lipinski definition) is 2. The molecular weight excluding hydrogens is 302 g/mol. The van der Waals surface area contributed by atoms with Gasteiger partial charge in [-0.25, -0.2) is 0 Å². The molecule has 0 aliphatic carbocycles. The zero-order valence-corrected chi connectivity index (χ0v) is 13.7. The van der Waals surface area contributed by atoms with Crippen LogP contribution in [0, 0.1) is 0 Å². The summed E-state index contributed by atoms with van der Waals surface area (Å²) < 4.78 is 0. The molecule has 2 aromatic rings. The van der Waals surface area contributed by atoms with Crippen LogP contribution in [0.3, 0.4) is 0 Å². The number of nitrogens with one attached hydrogen (secondary N) is 1. The Kier molecular flexibility index (Phi) is 5.71. The summed E-state index contributed by atoms with van der Waals surface area (Å²) in [6.07, 6.45) is 0. The van der Waals surface area contributed by atoms with Crippen molar-refractivity contribution in [2.75, 3.05) is 0 Å². The smallest absolute Gasteiger partial charge is 0.252 e. The molecule has 1 N–H and O–H groups in total. The highest BCUT2D eigenvalue weighted by atomic mass is 35.5. The van der Waals surface area contributed by atoms with Gasteiger partial charge in [0.15, 0.2) is 0 Å². The second kappa shape index (κ2) is 7.53. The molecule has 0 saturated heterocycles. The lowest BCUT2D eigenvalue weighted by molar-refractivity contribution is 0.0948. The molecule has 21 heavy (non-hydrogen) atoms. The molecule has 0 radical (unpaired) electrons. The number of carbonyl (C=O) groups is 1. The monoisotopic (exact) mass is 319 g/mol. The average Bonchev–Trinajstić information content (AvgIpc) is 2.46. The third-order valence-electron chi connectivity index (χ3n) is 2.89. The van der Waals surface area contributed by atoms with E-state index in [2.05, 4.69) is 19.2 Å². The van der Waals surface area contributed by atoms with Crippen molar-refractivity contribution in [1.29, 1.82) is 0 Å². The molecule has 0 bridgehead atoms. The summed E-state index contributed by atoms with van der Waals surface area (Å²) in [4.78, 5) is 13.4. The van der Waals surface area contributed by atoms with Crippen LogP contribution in [0.5, 0.6) is 0 Å². The Hall–Kier alpha value is -1.45. The average molecular weight is 320 g/mol. The number of rotatable bonds is 5. The van der Waals surface area contributed by atoms with E-state index >= 15 is 0 Å². The predicted molar refractivity (Wildman–Crippen MR) is 90.1 cm³/mol. The van der Waals surface area contributed by atoms with Gasteiger partial charge < -0.3 is 5.32 Å². The first-order valence-corrected chi connectivity index (χ1v) is 8.11. The largest absolute Gasteiger partial charge is 0.348 e. The Labute approximate surface area is 134 Å². The van der Waals surface area contributed by atoms with Gasteiger partial charge in [-0.3, -0.25) is 4.79 Å². The summed E-state index contributed by atoms with van der Waals surface area (Å²) in [6.45, 7) is 4.66. The van der Waals surface area contributed by atoms with Crippen molar-refractivity contribution in [1.82, 2.24) is 5.32 Å². The summed E-state index contributed by atoms with van der Waals surface area (Å²) in [5.74, 6) is -0.0707. The number of halogens is 1. The molecule has 0 aromatic heterocycles. The van der Waals surface area contributed by atoms with E-state index in [1.54, 1.807) is 11.8 Å². The van der Waals surface area contributed by atoms with E-state index in [0.29, 0.717) is 22.4 Å². The molecule has 1 amide bonds. The van der Waals surface area contributed by atoms with Gasteiger partial charge in [0.25, 0.3) is 5.91 Å². The second-order valence-electron chi connectivity index (χ2n) is 4.94. The highest BCUT2D eigenvalue weighted by Crippen LogP contribution is 2.26. The molecular formula is C17H18ClNOS. The van der Waals surface area contributed by atoms with Crippen molar-refractivity contribution in [2.24, 2.45) is 0 Å². The quantitative estimate of drug-likeness (QED) is 0.804. The molecule has 0 unspecified atom stereocenters. The molecule has 0 spiro atoms. The highest BCUT2D eigenvalue weighted by Gasteiger charge is 2.12. The van der Waals surface area contributed by atoms with Crippen LogP contribution in [0.2, 0.25) is 5.02 Å². The first-order valence-electron chi connectivity index (χ1n) is 6.85. The molecule has 110 valence electrons. The minimum Gasteiger partial charge on any atom is -0.348 e. The first-order chi connectivity index (χ1) is 10.1. The summed E-state index contributed by atoms with van der Waals surface area (Å²) in [5, 5.41) is 4.03. The third kappa shape index (κ3) is 4.51. The number of thioether (sulfide) groups is 1. The van der Waals surface area contributed by atoms with Crippen molar-refractivity contribution in [2.45, 2.75) is 30.5 Å². The minimum absolute atomic E-state index is 0.0707. The van der Waals surface area contributed by atoms with Gasteiger partial charge in [0.05, 0.1) is 5.56 Å². The van der Waals surface area contributed by atoms with E-state index < -0.39 is 0 Å². The second-order valence-corrected chi connectivity index (χ2v) is 6.96. The molecule has 4 heteroatoms. The Morgan fingerprint density at radius 2 is 1.81 bits per heavy atom. The van der Waals surface area contributed by atoms with Crippen LogP contribution in [0.1, 0.15) is 29.8 Å². The summed E-state index contributed by atoms with van der Waals surface area (Å²) in [6, 6.07) is 15.2. The lowest BCUT2D eigenvalue weighted by Gasteiger charge is -2.12. The van der Waals surface area contributed by atoms with Crippen LogP contribution >= 0.6 is 23.4 Å². The van der Waals surface area contributed by atoms with Gasteiger partial charge in [-0.2, -0.15) is 0 Å². The fourth-order valence-electron chi connectivity index (χ4n) is 1.92. The molecule has 0 saturated carbocycles. The van der Waals surface area contributed by atoms with Crippen molar-refractivity contribution >= 4 is 29.3 Å². The zero-order valence-electron chi connectivity index (χ0n) is 12.1. The van der Waals surface area contributed by atoms with Gasteiger partial charge in [0, 0.05) is 21.7 Å². The normalized spacial score (nSPS) is 10.7.